The summed E-state index contributed by atoms with van der Waals surface area (Å²) in [5.41, 5.74) is 0.457. The molecule has 4 rings (SSSR count). The van der Waals surface area contributed by atoms with Crippen LogP contribution >= 0.6 is 0 Å². The van der Waals surface area contributed by atoms with Crippen LogP contribution in [0.15, 0.2) is 23.0 Å². The van der Waals surface area contributed by atoms with Gasteiger partial charge in [-0.15, -0.1) is 0 Å². The van der Waals surface area contributed by atoms with E-state index in [4.69, 9.17) is 4.74 Å². The number of hydrogen-bond acceptors (Lipinski definition) is 4. The molecule has 0 radical (unpaired) electrons. The summed E-state index contributed by atoms with van der Waals surface area (Å²) >= 11 is 0. The number of likely N-dealkylation sites (tertiary alicyclic amines) is 1. The Balaban J connectivity index is 1.60. The van der Waals surface area contributed by atoms with Crippen LogP contribution in [0.1, 0.15) is 37.4 Å². The van der Waals surface area contributed by atoms with Gasteiger partial charge in [0, 0.05) is 25.4 Å². The van der Waals surface area contributed by atoms with Crippen molar-refractivity contribution in [2.24, 2.45) is 5.92 Å². The van der Waals surface area contributed by atoms with E-state index in [1.165, 1.54) is 19.3 Å². The third-order valence-electron chi connectivity index (χ3n) is 5.24. The van der Waals surface area contributed by atoms with Gasteiger partial charge >= 0.3 is 0 Å². The third kappa shape index (κ3) is 2.66. The standard InChI is InChI=1S/C18H21N3O3/c1-24-13-5-6-15-14(8-13)18(23)20-17(19-15)12-7-16(22)21(10-12)9-11-3-2-4-11/h5-6,8,11-12H,2-4,7,9-10H2,1H3,(H,19,20,23)/t12-/m0/s1. The molecule has 1 saturated carbocycles. The molecule has 1 atom stereocenters. The number of fused-ring (bicyclic) bond motifs is 1. The number of nitrogens with one attached hydrogen (secondary N) is 1. The smallest absolute Gasteiger partial charge is 0.258 e. The Hall–Kier alpha value is -2.37. The lowest BCUT2D eigenvalue weighted by molar-refractivity contribution is -0.128. The Labute approximate surface area is 139 Å². The van der Waals surface area contributed by atoms with Gasteiger partial charge in [0.25, 0.3) is 5.56 Å². The van der Waals surface area contributed by atoms with Crippen molar-refractivity contribution in [3.63, 3.8) is 0 Å². The Morgan fingerprint density at radius 3 is 2.88 bits per heavy atom. The highest BCUT2D eigenvalue weighted by molar-refractivity contribution is 5.81. The summed E-state index contributed by atoms with van der Waals surface area (Å²) in [5.74, 6) is 2.04. The zero-order valence-corrected chi connectivity index (χ0v) is 13.7. The van der Waals surface area contributed by atoms with E-state index in [1.807, 2.05) is 4.90 Å². The van der Waals surface area contributed by atoms with Gasteiger partial charge in [-0.1, -0.05) is 6.42 Å². The number of carbonyl (C=O) groups is 1. The number of hydrogen-bond donors (Lipinski definition) is 1. The van der Waals surface area contributed by atoms with Gasteiger partial charge < -0.3 is 14.6 Å². The molecule has 0 spiro atoms. The highest BCUT2D eigenvalue weighted by Gasteiger charge is 2.34. The minimum atomic E-state index is -0.182. The first-order chi connectivity index (χ1) is 11.6. The summed E-state index contributed by atoms with van der Waals surface area (Å²) in [5, 5.41) is 0.508. The van der Waals surface area contributed by atoms with Gasteiger partial charge in [-0.2, -0.15) is 0 Å². The van der Waals surface area contributed by atoms with E-state index < -0.39 is 0 Å². The average Bonchev–Trinajstić information content (AvgIpc) is 2.91. The van der Waals surface area contributed by atoms with Crippen LogP contribution < -0.4 is 10.3 Å². The van der Waals surface area contributed by atoms with Crippen LogP contribution in [0, 0.1) is 5.92 Å². The molecule has 6 heteroatoms. The van der Waals surface area contributed by atoms with Crippen molar-refractivity contribution in [1.82, 2.24) is 14.9 Å². The van der Waals surface area contributed by atoms with Gasteiger partial charge in [-0.3, -0.25) is 9.59 Å². The van der Waals surface area contributed by atoms with Crippen molar-refractivity contribution in [2.45, 2.75) is 31.6 Å². The molecule has 1 aliphatic heterocycles. The largest absolute Gasteiger partial charge is 0.497 e. The Morgan fingerprint density at radius 1 is 1.33 bits per heavy atom. The minimum Gasteiger partial charge on any atom is -0.497 e. The van der Waals surface area contributed by atoms with Crippen LogP contribution in [0.3, 0.4) is 0 Å². The summed E-state index contributed by atoms with van der Waals surface area (Å²) in [7, 11) is 1.57. The minimum absolute atomic E-state index is 0.0308. The number of amides is 1. The summed E-state index contributed by atoms with van der Waals surface area (Å²) in [6.45, 7) is 1.50. The number of rotatable bonds is 4. The molecular formula is C18H21N3O3. The molecule has 0 unspecified atom stereocenters. The first kappa shape index (κ1) is 15.2. The first-order valence-corrected chi connectivity index (χ1v) is 8.50. The normalized spacial score (nSPS) is 21.3. The van der Waals surface area contributed by atoms with Crippen molar-refractivity contribution in [2.75, 3.05) is 20.2 Å². The van der Waals surface area contributed by atoms with Gasteiger partial charge in [0.15, 0.2) is 0 Å². The first-order valence-electron chi connectivity index (χ1n) is 8.50. The topological polar surface area (TPSA) is 75.3 Å². The fourth-order valence-corrected chi connectivity index (χ4v) is 3.58. The molecule has 6 nitrogen and oxygen atoms in total. The molecule has 24 heavy (non-hydrogen) atoms. The van der Waals surface area contributed by atoms with E-state index in [2.05, 4.69) is 9.97 Å². The molecular weight excluding hydrogens is 306 g/mol. The highest BCUT2D eigenvalue weighted by atomic mass is 16.5. The summed E-state index contributed by atoms with van der Waals surface area (Å²) < 4.78 is 5.16. The lowest BCUT2D eigenvalue weighted by atomic mass is 9.85. The number of H-pyrrole nitrogens is 1. The zero-order valence-electron chi connectivity index (χ0n) is 13.7. The van der Waals surface area contributed by atoms with Gasteiger partial charge in [0.05, 0.1) is 18.0 Å². The van der Waals surface area contributed by atoms with Crippen LogP contribution in [0.25, 0.3) is 10.9 Å². The fraction of sp³-hybridized carbons (Fsp3) is 0.500. The molecule has 1 aromatic heterocycles. The van der Waals surface area contributed by atoms with Crippen LogP contribution in [-0.2, 0) is 4.79 Å². The number of aromatic amines is 1. The molecule has 1 amide bonds. The highest BCUT2D eigenvalue weighted by Crippen LogP contribution is 2.32. The summed E-state index contributed by atoms with van der Waals surface area (Å²) in [4.78, 5) is 34.0. The average molecular weight is 327 g/mol. The fourth-order valence-electron chi connectivity index (χ4n) is 3.58. The maximum Gasteiger partial charge on any atom is 0.258 e. The predicted octanol–water partition coefficient (Wildman–Crippen LogP) is 2.05. The van der Waals surface area contributed by atoms with Gasteiger partial charge in [0.2, 0.25) is 5.91 Å². The maximum atomic E-state index is 12.4. The van der Waals surface area contributed by atoms with Crippen molar-refractivity contribution >= 4 is 16.8 Å². The van der Waals surface area contributed by atoms with Crippen LogP contribution in [0.2, 0.25) is 0 Å². The Kier molecular flexibility index (Phi) is 3.75. The second-order valence-electron chi connectivity index (χ2n) is 6.83. The lowest BCUT2D eigenvalue weighted by Gasteiger charge is -2.30. The number of nitrogens with zero attached hydrogens (tertiary/aromatic N) is 2. The molecule has 1 N–H and O–H groups in total. The van der Waals surface area contributed by atoms with Crippen molar-refractivity contribution in [1.29, 1.82) is 0 Å². The number of ether oxygens (including phenoxy) is 1. The van der Waals surface area contributed by atoms with E-state index in [1.54, 1.807) is 25.3 Å². The van der Waals surface area contributed by atoms with Crippen molar-refractivity contribution in [3.8, 4) is 5.75 Å². The SMILES string of the molecule is COc1ccc2nc([C@H]3CC(=O)N(CC4CCC4)C3)[nH]c(=O)c2c1. The number of aromatic nitrogens is 2. The van der Waals surface area contributed by atoms with Gasteiger partial charge in [-0.25, -0.2) is 4.98 Å². The molecule has 2 heterocycles. The third-order valence-corrected chi connectivity index (χ3v) is 5.24. The molecule has 1 aromatic carbocycles. The quantitative estimate of drug-likeness (QED) is 0.932. The maximum absolute atomic E-state index is 12.4. The molecule has 2 aromatic rings. The van der Waals surface area contributed by atoms with Gasteiger partial charge in [-0.05, 0) is 37.0 Å². The van der Waals surface area contributed by atoms with Crippen molar-refractivity contribution in [3.05, 3.63) is 34.4 Å². The van der Waals surface area contributed by atoms with Crippen LogP contribution in [0.5, 0.6) is 5.75 Å². The molecule has 1 aliphatic carbocycles. The summed E-state index contributed by atoms with van der Waals surface area (Å²) in [6, 6.07) is 5.27. The molecule has 126 valence electrons. The van der Waals surface area contributed by atoms with E-state index in [9.17, 15) is 9.59 Å². The van der Waals surface area contributed by atoms with Crippen LogP contribution in [-0.4, -0.2) is 41.0 Å². The van der Waals surface area contributed by atoms with Gasteiger partial charge in [0.1, 0.15) is 11.6 Å². The second-order valence-corrected chi connectivity index (χ2v) is 6.83. The number of methoxy groups -OCH3 is 1. The monoisotopic (exact) mass is 327 g/mol. The van der Waals surface area contributed by atoms with Crippen molar-refractivity contribution < 1.29 is 9.53 Å². The molecule has 2 aliphatic rings. The lowest BCUT2D eigenvalue weighted by Crippen LogP contribution is -2.33. The number of benzene rings is 1. The Bertz CT molecular complexity index is 841. The second kappa shape index (κ2) is 5.92. The van der Waals surface area contributed by atoms with E-state index in [-0.39, 0.29) is 17.4 Å². The van der Waals surface area contributed by atoms with E-state index >= 15 is 0 Å². The van der Waals surface area contributed by atoms with E-state index in [0.717, 1.165) is 6.54 Å². The summed E-state index contributed by atoms with van der Waals surface area (Å²) in [6.07, 6.45) is 4.15. The molecule has 0 bridgehead atoms. The van der Waals surface area contributed by atoms with Crippen LogP contribution in [0.4, 0.5) is 0 Å². The zero-order chi connectivity index (χ0) is 16.7. The van der Waals surface area contributed by atoms with E-state index in [0.29, 0.717) is 41.4 Å². The molecule has 2 fully saturated rings. The molecule has 1 saturated heterocycles. The predicted molar refractivity (Wildman–Crippen MR) is 90.2 cm³/mol. The Morgan fingerprint density at radius 2 is 2.17 bits per heavy atom. The number of carbonyl (C=O) groups excluding carboxylic acids is 1.